The lowest BCUT2D eigenvalue weighted by molar-refractivity contribution is -0.141. The number of nitrogens with one attached hydrogen (secondary N) is 1. The highest BCUT2D eigenvalue weighted by atomic mass is 19.4. The fourth-order valence-electron chi connectivity index (χ4n) is 3.03. The Balaban J connectivity index is 1.80. The molecule has 0 saturated carbocycles. The maximum Gasteiger partial charge on any atom is 0.433 e. The number of carbonyl (C=O) groups excluding carboxylic acids is 1. The molecular weight excluding hydrogens is 391 g/mol. The number of phenols is 2. The van der Waals surface area contributed by atoms with E-state index in [1.807, 2.05) is 0 Å². The van der Waals surface area contributed by atoms with Crippen LogP contribution in [0, 0.1) is 6.92 Å². The Hall–Kier alpha value is -3.82. The van der Waals surface area contributed by atoms with Crippen molar-refractivity contribution in [2.45, 2.75) is 13.1 Å². The zero-order valence-electron chi connectivity index (χ0n) is 14.7. The monoisotopic (exact) mass is 403 g/mol. The Kier molecular flexibility index (Phi) is 4.07. The Morgan fingerprint density at radius 3 is 2.45 bits per heavy atom. The second-order valence-corrected chi connectivity index (χ2v) is 6.28. The SMILES string of the molecule is Cc1cc(-c2c(C(=O)Nc3ccnc(C(F)(F)F)c3)c3oc2c(O)c3O)ccn1. The third-order valence-electron chi connectivity index (χ3n) is 4.28. The smallest absolute Gasteiger partial charge is 0.433 e. The fraction of sp³-hybridized carbons (Fsp3) is 0.105. The molecule has 1 amide bonds. The molecule has 29 heavy (non-hydrogen) atoms. The lowest BCUT2D eigenvalue weighted by Gasteiger charge is -2.11. The van der Waals surface area contributed by atoms with Crippen LogP contribution in [0.1, 0.15) is 21.7 Å². The predicted molar refractivity (Wildman–Crippen MR) is 95.9 cm³/mol. The van der Waals surface area contributed by atoms with Crippen LogP contribution in [-0.2, 0) is 6.18 Å². The Bertz CT molecular complexity index is 1230. The molecule has 4 aromatic heterocycles. The highest BCUT2D eigenvalue weighted by Gasteiger charge is 2.34. The number of nitrogens with zero attached hydrogens (tertiary/aromatic N) is 2. The van der Waals surface area contributed by atoms with Crippen molar-refractivity contribution >= 4 is 22.8 Å². The van der Waals surface area contributed by atoms with E-state index in [0.29, 0.717) is 17.3 Å². The van der Waals surface area contributed by atoms with Crippen molar-refractivity contribution in [3.63, 3.8) is 0 Å². The van der Waals surface area contributed by atoms with Crippen molar-refractivity contribution in [1.82, 2.24) is 9.97 Å². The summed E-state index contributed by atoms with van der Waals surface area (Å²) in [4.78, 5) is 20.2. The van der Waals surface area contributed by atoms with Crippen LogP contribution in [0.25, 0.3) is 22.3 Å². The van der Waals surface area contributed by atoms with E-state index in [9.17, 15) is 28.2 Å². The van der Waals surface area contributed by atoms with Gasteiger partial charge in [0.05, 0.1) is 5.56 Å². The minimum absolute atomic E-state index is 0.112. The van der Waals surface area contributed by atoms with Crippen LogP contribution in [-0.4, -0.2) is 26.1 Å². The molecule has 7 nitrogen and oxygen atoms in total. The zero-order valence-corrected chi connectivity index (χ0v) is 14.7. The quantitative estimate of drug-likeness (QED) is 0.440. The third kappa shape index (κ3) is 3.08. The lowest BCUT2D eigenvalue weighted by Crippen LogP contribution is -2.14. The summed E-state index contributed by atoms with van der Waals surface area (Å²) in [6.45, 7) is 1.72. The minimum atomic E-state index is -4.67. The van der Waals surface area contributed by atoms with E-state index in [0.717, 1.165) is 6.20 Å². The Morgan fingerprint density at radius 2 is 1.76 bits per heavy atom. The van der Waals surface area contributed by atoms with Crippen molar-refractivity contribution in [2.24, 2.45) is 0 Å². The molecule has 0 atom stereocenters. The van der Waals surface area contributed by atoms with Gasteiger partial charge in [-0.05, 0) is 36.8 Å². The van der Waals surface area contributed by atoms with Gasteiger partial charge in [0.2, 0.25) is 11.5 Å². The number of furan rings is 2. The van der Waals surface area contributed by atoms with Gasteiger partial charge < -0.3 is 19.9 Å². The number of fused-ring (bicyclic) bond motifs is 2. The van der Waals surface area contributed by atoms with Crippen LogP contribution in [0.4, 0.5) is 18.9 Å². The maximum absolute atomic E-state index is 12.9. The second kappa shape index (κ2) is 6.36. The van der Waals surface area contributed by atoms with Gasteiger partial charge in [-0.2, -0.15) is 13.2 Å². The van der Waals surface area contributed by atoms with Crippen molar-refractivity contribution in [2.75, 3.05) is 5.32 Å². The number of alkyl halides is 3. The minimum Gasteiger partial charge on any atom is -0.502 e. The van der Waals surface area contributed by atoms with Gasteiger partial charge in [0.15, 0.2) is 11.2 Å². The summed E-state index contributed by atoms with van der Waals surface area (Å²) in [5, 5.41) is 22.4. The molecule has 3 N–H and O–H groups in total. The average molecular weight is 403 g/mol. The molecule has 2 bridgehead atoms. The molecule has 0 aliphatic carbocycles. The molecule has 0 radical (unpaired) electrons. The van der Waals surface area contributed by atoms with Crippen LogP contribution >= 0.6 is 0 Å². The van der Waals surface area contributed by atoms with Crippen LogP contribution in [0.15, 0.2) is 41.1 Å². The van der Waals surface area contributed by atoms with Gasteiger partial charge in [0, 0.05) is 29.3 Å². The van der Waals surface area contributed by atoms with Gasteiger partial charge >= 0.3 is 6.18 Å². The summed E-state index contributed by atoms with van der Waals surface area (Å²) in [5.74, 6) is -1.97. The zero-order chi connectivity index (χ0) is 20.9. The largest absolute Gasteiger partial charge is 0.502 e. The van der Waals surface area contributed by atoms with Crippen molar-refractivity contribution in [1.29, 1.82) is 0 Å². The van der Waals surface area contributed by atoms with Gasteiger partial charge in [-0.25, -0.2) is 0 Å². The molecule has 0 aliphatic heterocycles. The second-order valence-electron chi connectivity index (χ2n) is 6.28. The van der Waals surface area contributed by atoms with E-state index < -0.39 is 29.3 Å². The molecule has 0 aromatic carbocycles. The summed E-state index contributed by atoms with van der Waals surface area (Å²) in [6, 6.07) is 5.10. The number of rotatable bonds is 3. The van der Waals surface area contributed by atoms with Crippen molar-refractivity contribution in [3.8, 4) is 22.6 Å². The molecule has 0 unspecified atom stereocenters. The van der Waals surface area contributed by atoms with Crippen LogP contribution < -0.4 is 5.32 Å². The Morgan fingerprint density at radius 1 is 1.07 bits per heavy atom. The van der Waals surface area contributed by atoms with Crippen LogP contribution in [0.3, 0.4) is 0 Å². The van der Waals surface area contributed by atoms with Crippen molar-refractivity contribution in [3.05, 3.63) is 53.6 Å². The van der Waals surface area contributed by atoms with Gasteiger partial charge in [-0.15, -0.1) is 0 Å². The first-order valence-electron chi connectivity index (χ1n) is 8.24. The van der Waals surface area contributed by atoms with E-state index in [2.05, 4.69) is 15.3 Å². The maximum atomic E-state index is 12.9. The third-order valence-corrected chi connectivity index (χ3v) is 4.28. The number of hydrogen-bond acceptors (Lipinski definition) is 6. The van der Waals surface area contributed by atoms with Crippen LogP contribution in [0.5, 0.6) is 11.5 Å². The molecule has 4 rings (SSSR count). The number of hydrogen-bond donors (Lipinski definition) is 3. The summed E-state index contributed by atoms with van der Waals surface area (Å²) < 4.78 is 43.9. The molecule has 0 saturated heterocycles. The highest BCUT2D eigenvalue weighted by molar-refractivity contribution is 6.19. The normalized spacial score (nSPS) is 11.9. The number of pyridine rings is 2. The number of aryl methyl sites for hydroxylation is 1. The standard InChI is InChI=1S/C19H12F3N3O4/c1-8-6-9(2-4-23-8)12-13(17-15(27)14(26)16(12)29-17)18(28)25-10-3-5-24-11(7-10)19(20,21)22/h2-7,26-27H,1H3,(H,24,25,28). The summed E-state index contributed by atoms with van der Waals surface area (Å²) >= 11 is 0. The number of benzene rings is 1. The number of phenolic OH excluding ortho intramolecular Hbond substituents is 2. The average Bonchev–Trinajstić information content (AvgIpc) is 3.18. The van der Waals surface area contributed by atoms with E-state index in [1.54, 1.807) is 19.1 Å². The molecule has 148 valence electrons. The van der Waals surface area contributed by atoms with Gasteiger partial charge in [-0.1, -0.05) is 0 Å². The summed E-state index contributed by atoms with van der Waals surface area (Å²) in [6.07, 6.45) is -2.27. The molecule has 4 aromatic rings. The number of amides is 1. The summed E-state index contributed by atoms with van der Waals surface area (Å²) in [5.41, 5.74) is -0.507. The fourth-order valence-corrected chi connectivity index (χ4v) is 3.03. The number of halogens is 3. The molecule has 0 aliphatic rings. The molecular formula is C19H12F3N3O4. The first kappa shape index (κ1) is 18.5. The topological polar surface area (TPSA) is 108 Å². The van der Waals surface area contributed by atoms with Gasteiger partial charge in [0.25, 0.3) is 5.91 Å². The highest BCUT2D eigenvalue weighted by Crippen LogP contribution is 2.50. The first-order valence-corrected chi connectivity index (χ1v) is 8.24. The first-order chi connectivity index (χ1) is 13.7. The Labute approximate surface area is 160 Å². The number of aromatic nitrogens is 2. The molecule has 0 fully saturated rings. The molecule has 10 heteroatoms. The van der Waals surface area contributed by atoms with E-state index in [4.69, 9.17) is 4.42 Å². The van der Waals surface area contributed by atoms with Gasteiger partial charge in [0.1, 0.15) is 5.69 Å². The van der Waals surface area contributed by atoms with E-state index in [1.165, 1.54) is 12.3 Å². The number of anilines is 1. The van der Waals surface area contributed by atoms with Crippen LogP contribution in [0.2, 0.25) is 0 Å². The van der Waals surface area contributed by atoms with E-state index >= 15 is 0 Å². The van der Waals surface area contributed by atoms with E-state index in [-0.39, 0.29) is 28.0 Å². The summed E-state index contributed by atoms with van der Waals surface area (Å²) in [7, 11) is 0. The number of carbonyl (C=O) groups is 1. The predicted octanol–water partition coefficient (Wildman–Crippen LogP) is 4.32. The molecule has 0 spiro atoms. The number of aromatic hydroxyl groups is 2. The van der Waals surface area contributed by atoms with Gasteiger partial charge in [-0.3, -0.25) is 14.8 Å². The van der Waals surface area contributed by atoms with Crippen molar-refractivity contribution < 1.29 is 32.6 Å². The molecule has 4 heterocycles. The lowest BCUT2D eigenvalue weighted by atomic mass is 9.98.